The molecule has 0 amide bonds. The lowest BCUT2D eigenvalue weighted by Gasteiger charge is -2.28. The van der Waals surface area contributed by atoms with E-state index in [1.54, 1.807) is 12.1 Å². The Labute approximate surface area is 127 Å². The topological polar surface area (TPSA) is 38.2 Å². The van der Waals surface area contributed by atoms with Crippen molar-refractivity contribution in [2.75, 3.05) is 25.6 Å². The molecule has 21 heavy (non-hydrogen) atoms. The van der Waals surface area contributed by atoms with Gasteiger partial charge in [-0.1, -0.05) is 12.1 Å². The zero-order valence-electron chi connectivity index (χ0n) is 11.8. The van der Waals surface area contributed by atoms with Crippen molar-refractivity contribution in [2.24, 2.45) is 0 Å². The van der Waals surface area contributed by atoms with E-state index in [2.05, 4.69) is 9.97 Å². The van der Waals surface area contributed by atoms with Crippen LogP contribution in [0.5, 0.6) is 0 Å². The second kappa shape index (κ2) is 5.58. The first-order valence-corrected chi connectivity index (χ1v) is 7.01. The quantitative estimate of drug-likeness (QED) is 0.800. The molecule has 3 rings (SSSR count). The van der Waals surface area contributed by atoms with Crippen LogP contribution in [0, 0.1) is 5.82 Å². The van der Waals surface area contributed by atoms with Gasteiger partial charge < -0.3 is 9.64 Å². The summed E-state index contributed by atoms with van der Waals surface area (Å²) in [6.45, 7) is 0.955. The maximum Gasteiger partial charge on any atom is 0.224 e. The van der Waals surface area contributed by atoms with Gasteiger partial charge in [0.15, 0.2) is 0 Å². The molecule has 6 heteroatoms. The number of anilines is 1. The molecule has 0 radical (unpaired) electrons. The van der Waals surface area contributed by atoms with Crippen molar-refractivity contribution >= 4 is 17.4 Å². The number of aromatic nitrogens is 2. The molecule has 0 saturated heterocycles. The first-order valence-electron chi connectivity index (χ1n) is 6.63. The van der Waals surface area contributed by atoms with E-state index >= 15 is 0 Å². The van der Waals surface area contributed by atoms with Crippen LogP contribution >= 0.6 is 11.6 Å². The molecule has 110 valence electrons. The van der Waals surface area contributed by atoms with Crippen LogP contribution in [0.2, 0.25) is 5.28 Å². The molecular formula is C15H15ClFN3O. The van der Waals surface area contributed by atoms with Crippen molar-refractivity contribution in [1.29, 1.82) is 0 Å². The number of benzene rings is 1. The summed E-state index contributed by atoms with van der Waals surface area (Å²) in [4.78, 5) is 10.6. The van der Waals surface area contributed by atoms with Crippen molar-refractivity contribution in [2.45, 2.75) is 12.5 Å². The van der Waals surface area contributed by atoms with E-state index in [0.717, 1.165) is 22.6 Å². The number of hydrogen-bond acceptors (Lipinski definition) is 4. The molecule has 1 aromatic carbocycles. The van der Waals surface area contributed by atoms with Gasteiger partial charge in [0, 0.05) is 19.7 Å². The largest absolute Gasteiger partial charge is 0.376 e. The Morgan fingerprint density at radius 3 is 2.62 bits per heavy atom. The Morgan fingerprint density at radius 1 is 1.24 bits per heavy atom. The van der Waals surface area contributed by atoms with Crippen LogP contribution in [0.25, 0.3) is 0 Å². The monoisotopic (exact) mass is 307 g/mol. The molecule has 1 unspecified atom stereocenters. The molecule has 1 atom stereocenters. The molecule has 0 aliphatic carbocycles. The van der Waals surface area contributed by atoms with Crippen LogP contribution in [-0.4, -0.2) is 30.7 Å². The normalized spacial score (nSPS) is 17.4. The van der Waals surface area contributed by atoms with Crippen LogP contribution in [0.3, 0.4) is 0 Å². The van der Waals surface area contributed by atoms with Crippen molar-refractivity contribution in [3.05, 3.63) is 52.2 Å². The first-order chi connectivity index (χ1) is 10.1. The summed E-state index contributed by atoms with van der Waals surface area (Å²) in [6.07, 6.45) is 0. The van der Waals surface area contributed by atoms with Gasteiger partial charge in [0.05, 0.1) is 24.8 Å². The standard InChI is InChI=1S/C15H15ClFN3O/c1-20(2)14-12-8-21-7-11(13(12)18-15(16)19-14)9-3-5-10(17)6-4-9/h3-6,11H,7-8H2,1-2H3. The molecule has 2 heterocycles. The highest BCUT2D eigenvalue weighted by Gasteiger charge is 2.28. The Hall–Kier alpha value is -1.72. The Kier molecular flexibility index (Phi) is 3.78. The van der Waals surface area contributed by atoms with E-state index in [4.69, 9.17) is 16.3 Å². The third kappa shape index (κ3) is 2.71. The molecule has 0 fully saturated rings. The van der Waals surface area contributed by atoms with Gasteiger partial charge in [-0.2, -0.15) is 0 Å². The predicted molar refractivity (Wildman–Crippen MR) is 79.3 cm³/mol. The van der Waals surface area contributed by atoms with E-state index in [-0.39, 0.29) is 17.0 Å². The summed E-state index contributed by atoms with van der Waals surface area (Å²) >= 11 is 6.05. The van der Waals surface area contributed by atoms with Gasteiger partial charge in [0.2, 0.25) is 5.28 Å². The SMILES string of the molecule is CN(C)c1nc(Cl)nc2c1COCC2c1ccc(F)cc1. The highest BCUT2D eigenvalue weighted by Crippen LogP contribution is 2.35. The van der Waals surface area contributed by atoms with E-state index in [0.29, 0.717) is 13.2 Å². The Balaban J connectivity index is 2.11. The highest BCUT2D eigenvalue weighted by molar-refractivity contribution is 6.28. The fourth-order valence-corrected chi connectivity index (χ4v) is 2.74. The summed E-state index contributed by atoms with van der Waals surface area (Å²) in [5.74, 6) is 0.441. The third-order valence-corrected chi connectivity index (χ3v) is 3.72. The van der Waals surface area contributed by atoms with Crippen LogP contribution in [0.1, 0.15) is 22.7 Å². The predicted octanol–water partition coefficient (Wildman–Crippen LogP) is 3.00. The molecule has 1 aliphatic rings. The second-order valence-electron chi connectivity index (χ2n) is 5.19. The molecule has 4 nitrogen and oxygen atoms in total. The van der Waals surface area contributed by atoms with Crippen molar-refractivity contribution in [1.82, 2.24) is 9.97 Å². The molecular weight excluding hydrogens is 293 g/mol. The molecule has 1 aliphatic heterocycles. The smallest absolute Gasteiger partial charge is 0.224 e. The van der Waals surface area contributed by atoms with Crippen molar-refractivity contribution < 1.29 is 9.13 Å². The van der Waals surface area contributed by atoms with Gasteiger partial charge in [-0.25, -0.2) is 14.4 Å². The summed E-state index contributed by atoms with van der Waals surface area (Å²) in [5.41, 5.74) is 2.75. The van der Waals surface area contributed by atoms with Crippen LogP contribution < -0.4 is 4.90 Å². The Bertz CT molecular complexity index is 661. The molecule has 0 N–H and O–H groups in total. The first kappa shape index (κ1) is 14.2. The van der Waals surface area contributed by atoms with Gasteiger partial charge in [-0.3, -0.25) is 0 Å². The number of nitrogens with zero attached hydrogens (tertiary/aromatic N) is 3. The number of halogens is 2. The average molecular weight is 308 g/mol. The van der Waals surface area contributed by atoms with Gasteiger partial charge in [-0.15, -0.1) is 0 Å². The van der Waals surface area contributed by atoms with Crippen molar-refractivity contribution in [3.8, 4) is 0 Å². The highest BCUT2D eigenvalue weighted by atomic mass is 35.5. The summed E-state index contributed by atoms with van der Waals surface area (Å²) < 4.78 is 18.8. The van der Waals surface area contributed by atoms with E-state index in [1.165, 1.54) is 12.1 Å². The Morgan fingerprint density at radius 2 is 1.95 bits per heavy atom. The summed E-state index contributed by atoms with van der Waals surface area (Å²) in [5, 5.41) is 0.214. The zero-order chi connectivity index (χ0) is 15.0. The van der Waals surface area contributed by atoms with Crippen LogP contribution in [-0.2, 0) is 11.3 Å². The lowest BCUT2D eigenvalue weighted by molar-refractivity contribution is 0.0976. The maximum absolute atomic E-state index is 13.1. The number of hydrogen-bond donors (Lipinski definition) is 0. The average Bonchev–Trinajstić information content (AvgIpc) is 2.46. The lowest BCUT2D eigenvalue weighted by atomic mass is 9.91. The minimum atomic E-state index is -0.259. The third-order valence-electron chi connectivity index (χ3n) is 3.55. The van der Waals surface area contributed by atoms with Crippen LogP contribution in [0.4, 0.5) is 10.2 Å². The summed E-state index contributed by atoms with van der Waals surface area (Å²) in [6, 6.07) is 6.39. The fraction of sp³-hybridized carbons (Fsp3) is 0.333. The molecule has 2 aromatic rings. The van der Waals surface area contributed by atoms with Gasteiger partial charge in [-0.05, 0) is 29.3 Å². The second-order valence-corrected chi connectivity index (χ2v) is 5.53. The van der Waals surface area contributed by atoms with Gasteiger partial charge in [0.1, 0.15) is 11.6 Å². The van der Waals surface area contributed by atoms with Crippen molar-refractivity contribution in [3.63, 3.8) is 0 Å². The van der Waals surface area contributed by atoms with Crippen LogP contribution in [0.15, 0.2) is 24.3 Å². The number of ether oxygens (including phenoxy) is 1. The summed E-state index contributed by atoms with van der Waals surface area (Å²) in [7, 11) is 3.81. The number of rotatable bonds is 2. The molecule has 0 saturated carbocycles. The molecule has 0 spiro atoms. The minimum absolute atomic E-state index is 0.0615. The fourth-order valence-electron chi connectivity index (χ4n) is 2.56. The van der Waals surface area contributed by atoms with E-state index in [9.17, 15) is 4.39 Å². The number of fused-ring (bicyclic) bond motifs is 1. The zero-order valence-corrected chi connectivity index (χ0v) is 12.6. The van der Waals surface area contributed by atoms with Gasteiger partial charge >= 0.3 is 0 Å². The van der Waals surface area contributed by atoms with E-state index in [1.807, 2.05) is 19.0 Å². The van der Waals surface area contributed by atoms with E-state index < -0.39 is 0 Å². The maximum atomic E-state index is 13.1. The van der Waals surface area contributed by atoms with Gasteiger partial charge in [0.25, 0.3) is 0 Å². The molecule has 0 bridgehead atoms. The molecule has 1 aromatic heterocycles. The minimum Gasteiger partial charge on any atom is -0.376 e. The lowest BCUT2D eigenvalue weighted by Crippen LogP contribution is -2.24.